The van der Waals surface area contributed by atoms with Crippen molar-refractivity contribution >= 4 is 43.1 Å². The third kappa shape index (κ3) is 6.90. The fourth-order valence-electron chi connectivity index (χ4n) is 4.00. The second-order valence-electron chi connectivity index (χ2n) is 9.34. The number of rotatable bonds is 8. The molecule has 3 rings (SSSR count). The number of nitrogens with one attached hydrogen (secondary N) is 1. The van der Waals surface area contributed by atoms with Crippen LogP contribution in [0.4, 0.5) is 10.1 Å². The fraction of sp³-hybridized carbons (Fsp3) is 0.400. The van der Waals surface area contributed by atoms with Crippen molar-refractivity contribution < 1.29 is 26.0 Å². The molecule has 1 aliphatic rings. The summed E-state index contributed by atoms with van der Waals surface area (Å²) in [6.07, 6.45) is 1.59. The minimum atomic E-state index is -4.04. The lowest BCUT2D eigenvalue weighted by molar-refractivity contribution is -0.135. The molecule has 8 nitrogen and oxygen atoms in total. The molecule has 0 spiro atoms. The van der Waals surface area contributed by atoms with Gasteiger partial charge in [-0.05, 0) is 31.2 Å². The van der Waals surface area contributed by atoms with Gasteiger partial charge < -0.3 is 10.2 Å². The maximum absolute atomic E-state index is 15.5. The molecule has 0 bridgehead atoms. The SMILES string of the molecule is C[C@@H](/C=C\S(C)(=O)=O)NC(=O)C1(F)CCN(S(=O)(=O)c2ccc(N(C)C)cc2-c2ccccc2Cl)CC1. The van der Waals surface area contributed by atoms with Crippen molar-refractivity contribution in [3.63, 3.8) is 0 Å². The van der Waals surface area contributed by atoms with Crippen LogP contribution in [0.2, 0.25) is 5.02 Å². The number of carbonyl (C=O) groups excluding carboxylic acids is 1. The molecule has 12 heteroatoms. The van der Waals surface area contributed by atoms with Gasteiger partial charge in [0.2, 0.25) is 10.0 Å². The zero-order chi connectivity index (χ0) is 27.6. The molecular formula is C25H31ClFN3O5S2. The largest absolute Gasteiger partial charge is 0.378 e. The summed E-state index contributed by atoms with van der Waals surface area (Å²) in [4.78, 5) is 14.5. The molecule has 1 heterocycles. The average molecular weight is 572 g/mol. The number of hydrogen-bond donors (Lipinski definition) is 1. The van der Waals surface area contributed by atoms with E-state index < -0.39 is 37.5 Å². The van der Waals surface area contributed by atoms with Crippen molar-refractivity contribution in [3.05, 3.63) is 59.0 Å². The first-order chi connectivity index (χ1) is 17.1. The topological polar surface area (TPSA) is 104 Å². The number of anilines is 1. The Labute approximate surface area is 223 Å². The molecule has 1 fully saturated rings. The van der Waals surface area contributed by atoms with Crippen LogP contribution in [0.3, 0.4) is 0 Å². The van der Waals surface area contributed by atoms with Gasteiger partial charge in [0.15, 0.2) is 15.5 Å². The van der Waals surface area contributed by atoms with E-state index in [1.54, 1.807) is 36.4 Å². The summed E-state index contributed by atoms with van der Waals surface area (Å²) in [5, 5.41) is 3.79. The number of nitrogens with zero attached hydrogens (tertiary/aromatic N) is 2. The van der Waals surface area contributed by atoms with Crippen LogP contribution in [0.1, 0.15) is 19.8 Å². The maximum atomic E-state index is 15.5. The molecule has 1 amide bonds. The predicted molar refractivity (Wildman–Crippen MR) is 145 cm³/mol. The van der Waals surface area contributed by atoms with Crippen LogP contribution in [0.15, 0.2) is 58.8 Å². The Kier molecular flexibility index (Phi) is 8.73. The highest BCUT2D eigenvalue weighted by molar-refractivity contribution is 7.93. The lowest BCUT2D eigenvalue weighted by Crippen LogP contribution is -2.53. The quantitative estimate of drug-likeness (QED) is 0.519. The Morgan fingerprint density at radius 2 is 1.73 bits per heavy atom. The number of carbonyl (C=O) groups is 1. The van der Waals surface area contributed by atoms with Gasteiger partial charge in [-0.3, -0.25) is 4.79 Å². The van der Waals surface area contributed by atoms with E-state index >= 15 is 4.39 Å². The van der Waals surface area contributed by atoms with Crippen molar-refractivity contribution in [2.24, 2.45) is 0 Å². The number of sulfone groups is 1. The molecule has 1 aliphatic heterocycles. The molecule has 0 aromatic heterocycles. The summed E-state index contributed by atoms with van der Waals surface area (Å²) in [6, 6.07) is 11.2. The van der Waals surface area contributed by atoms with Gasteiger partial charge in [0.05, 0.1) is 4.90 Å². The highest BCUT2D eigenvalue weighted by Gasteiger charge is 2.45. The lowest BCUT2D eigenvalue weighted by Gasteiger charge is -2.35. The summed E-state index contributed by atoms with van der Waals surface area (Å²) in [5.41, 5.74) is -0.512. The molecule has 1 atom stereocenters. The van der Waals surface area contributed by atoms with E-state index in [-0.39, 0.29) is 30.8 Å². The Morgan fingerprint density at radius 1 is 1.11 bits per heavy atom. The Balaban J connectivity index is 1.84. The summed E-state index contributed by atoms with van der Waals surface area (Å²) >= 11 is 6.41. The molecule has 0 aliphatic carbocycles. The minimum Gasteiger partial charge on any atom is -0.378 e. The molecule has 0 saturated carbocycles. The van der Waals surface area contributed by atoms with Crippen LogP contribution in [0.25, 0.3) is 11.1 Å². The molecule has 2 aromatic carbocycles. The summed E-state index contributed by atoms with van der Waals surface area (Å²) in [5.74, 6) is -0.901. The number of amides is 1. The second-order valence-corrected chi connectivity index (χ2v) is 13.6. The van der Waals surface area contributed by atoms with E-state index in [1.807, 2.05) is 19.0 Å². The van der Waals surface area contributed by atoms with Gasteiger partial charge in [-0.15, -0.1) is 0 Å². The van der Waals surface area contributed by atoms with Crippen LogP contribution >= 0.6 is 11.6 Å². The van der Waals surface area contributed by atoms with Crippen molar-refractivity contribution in [1.29, 1.82) is 0 Å². The smallest absolute Gasteiger partial charge is 0.258 e. The van der Waals surface area contributed by atoms with Gasteiger partial charge in [0.1, 0.15) is 0 Å². The van der Waals surface area contributed by atoms with Crippen LogP contribution in [-0.2, 0) is 24.7 Å². The number of piperidine rings is 1. The predicted octanol–water partition coefficient (Wildman–Crippen LogP) is 3.63. The van der Waals surface area contributed by atoms with Crippen molar-refractivity contribution in [1.82, 2.24) is 9.62 Å². The number of sulfonamides is 1. The van der Waals surface area contributed by atoms with Gasteiger partial charge in [-0.25, -0.2) is 21.2 Å². The fourth-order valence-corrected chi connectivity index (χ4v) is 6.39. The van der Waals surface area contributed by atoms with E-state index in [9.17, 15) is 21.6 Å². The molecule has 1 saturated heterocycles. The third-order valence-electron chi connectivity index (χ3n) is 6.16. The lowest BCUT2D eigenvalue weighted by atomic mass is 9.93. The van der Waals surface area contributed by atoms with E-state index in [2.05, 4.69) is 5.32 Å². The summed E-state index contributed by atoms with van der Waals surface area (Å²) < 4.78 is 66.6. The summed E-state index contributed by atoms with van der Waals surface area (Å²) in [6.45, 7) is 1.13. The molecule has 0 radical (unpaired) electrons. The van der Waals surface area contributed by atoms with Crippen molar-refractivity contribution in [2.45, 2.75) is 36.4 Å². The van der Waals surface area contributed by atoms with E-state index in [4.69, 9.17) is 11.6 Å². The van der Waals surface area contributed by atoms with Crippen LogP contribution < -0.4 is 10.2 Å². The summed E-state index contributed by atoms with van der Waals surface area (Å²) in [7, 11) is -3.75. The Morgan fingerprint density at radius 3 is 2.30 bits per heavy atom. The third-order valence-corrected chi connectivity index (χ3v) is 9.09. The monoisotopic (exact) mass is 571 g/mol. The zero-order valence-corrected chi connectivity index (χ0v) is 23.5. The van der Waals surface area contributed by atoms with Gasteiger partial charge >= 0.3 is 0 Å². The first-order valence-corrected chi connectivity index (χ1v) is 15.4. The number of hydrogen-bond acceptors (Lipinski definition) is 6. The standard InChI is InChI=1S/C25H31ClFN3O5S2/c1-18(11-16-36(4,32)33)28-24(31)25(27)12-14-30(15-13-25)37(34,35)23-10-9-19(29(2)3)17-21(23)20-7-5-6-8-22(20)26/h5-11,16-18H,12-15H2,1-4H3,(H,28,31)/b16-11-/t18-/m0/s1. The van der Waals surface area contributed by atoms with E-state index in [0.717, 1.165) is 17.4 Å². The highest BCUT2D eigenvalue weighted by Crippen LogP contribution is 2.38. The molecule has 0 unspecified atom stereocenters. The Hall–Kier alpha value is -2.47. The van der Waals surface area contributed by atoms with Crippen LogP contribution in [-0.4, -0.2) is 72.2 Å². The molecular weight excluding hydrogens is 541 g/mol. The van der Waals surface area contributed by atoms with Gasteiger partial charge in [0, 0.05) is 79.6 Å². The first kappa shape index (κ1) is 29.1. The zero-order valence-electron chi connectivity index (χ0n) is 21.1. The van der Waals surface area contributed by atoms with Crippen LogP contribution in [0.5, 0.6) is 0 Å². The van der Waals surface area contributed by atoms with Crippen molar-refractivity contribution in [3.8, 4) is 11.1 Å². The number of halogens is 2. The molecule has 202 valence electrons. The van der Waals surface area contributed by atoms with Crippen LogP contribution in [0, 0.1) is 0 Å². The van der Waals surface area contributed by atoms with Crippen molar-refractivity contribution in [2.75, 3.05) is 38.3 Å². The minimum absolute atomic E-state index is 0.0431. The maximum Gasteiger partial charge on any atom is 0.258 e. The molecule has 2 aromatic rings. The number of alkyl halides is 1. The van der Waals surface area contributed by atoms with Gasteiger partial charge in [-0.2, -0.15) is 4.31 Å². The Bertz CT molecular complexity index is 1400. The normalized spacial score (nSPS) is 17.5. The van der Waals surface area contributed by atoms with E-state index in [0.29, 0.717) is 16.1 Å². The molecule has 1 N–H and O–H groups in total. The van der Waals surface area contributed by atoms with Gasteiger partial charge in [0.25, 0.3) is 5.91 Å². The average Bonchev–Trinajstić information content (AvgIpc) is 2.82. The van der Waals surface area contributed by atoms with Gasteiger partial charge in [-0.1, -0.05) is 35.9 Å². The first-order valence-electron chi connectivity index (χ1n) is 11.6. The number of benzene rings is 2. The van der Waals surface area contributed by atoms with E-state index in [1.165, 1.54) is 23.4 Å². The molecule has 37 heavy (non-hydrogen) atoms. The second kappa shape index (κ2) is 11.1. The highest BCUT2D eigenvalue weighted by atomic mass is 35.5.